The van der Waals surface area contributed by atoms with Gasteiger partial charge in [-0.05, 0) is 29.7 Å². The first-order valence-electron chi connectivity index (χ1n) is 9.53. The Morgan fingerprint density at radius 3 is 2.50 bits per heavy atom. The van der Waals surface area contributed by atoms with Crippen LogP contribution in [0.5, 0.6) is 11.5 Å². The van der Waals surface area contributed by atoms with Gasteiger partial charge in [-0.15, -0.1) is 10.2 Å². The third-order valence-electron chi connectivity index (χ3n) is 4.74. The number of tetrazole rings is 1. The van der Waals surface area contributed by atoms with Crippen molar-refractivity contribution >= 4 is 17.4 Å². The van der Waals surface area contributed by atoms with E-state index in [1.807, 2.05) is 24.3 Å². The summed E-state index contributed by atoms with van der Waals surface area (Å²) in [4.78, 5) is 25.7. The standard InChI is InChI=1S/C21H21N5O4/c1-12(2)14-4-6-15(7-5-14)21-23-25-26(24-21)10-20(28)22-17-9-19-18(29-11-30-19)8-16(17)13(3)27/h4-9,12H,10-11H2,1-3H3,(H,22,28). The number of amides is 1. The molecule has 2 aromatic carbocycles. The Hall–Kier alpha value is -3.75. The minimum atomic E-state index is -0.393. The number of nitrogens with one attached hydrogen (secondary N) is 1. The van der Waals surface area contributed by atoms with Crippen molar-refractivity contribution in [3.63, 3.8) is 0 Å². The van der Waals surface area contributed by atoms with Crippen LogP contribution in [0.25, 0.3) is 11.4 Å². The smallest absolute Gasteiger partial charge is 0.248 e. The second-order valence-corrected chi connectivity index (χ2v) is 7.28. The zero-order valence-electron chi connectivity index (χ0n) is 16.9. The lowest BCUT2D eigenvalue weighted by molar-refractivity contribution is -0.117. The molecule has 0 aliphatic carbocycles. The molecule has 0 atom stereocenters. The predicted molar refractivity (Wildman–Crippen MR) is 109 cm³/mol. The van der Waals surface area contributed by atoms with Gasteiger partial charge in [-0.25, -0.2) is 0 Å². The molecular formula is C21H21N5O4. The van der Waals surface area contributed by atoms with Gasteiger partial charge in [0.2, 0.25) is 18.5 Å². The fraction of sp³-hybridized carbons (Fsp3) is 0.286. The lowest BCUT2D eigenvalue weighted by atomic mass is 10.0. The molecule has 0 spiro atoms. The average Bonchev–Trinajstić information content (AvgIpc) is 3.36. The Morgan fingerprint density at radius 2 is 1.83 bits per heavy atom. The van der Waals surface area contributed by atoms with Crippen LogP contribution in [0.3, 0.4) is 0 Å². The molecule has 0 radical (unpaired) electrons. The van der Waals surface area contributed by atoms with E-state index in [2.05, 4.69) is 34.6 Å². The molecule has 0 saturated carbocycles. The molecule has 154 valence electrons. The number of benzene rings is 2. The second kappa shape index (κ2) is 7.94. The SMILES string of the molecule is CC(=O)c1cc2c(cc1NC(=O)Cn1nnc(-c3ccc(C(C)C)cc3)n1)OCO2. The first-order chi connectivity index (χ1) is 14.4. The van der Waals surface area contributed by atoms with E-state index >= 15 is 0 Å². The number of Topliss-reactive ketones (excluding diaryl/α,β-unsaturated/α-hetero) is 1. The molecule has 2 heterocycles. The molecule has 30 heavy (non-hydrogen) atoms. The monoisotopic (exact) mass is 407 g/mol. The van der Waals surface area contributed by atoms with E-state index in [0.29, 0.717) is 34.5 Å². The van der Waals surface area contributed by atoms with Crippen LogP contribution in [0.4, 0.5) is 5.69 Å². The second-order valence-electron chi connectivity index (χ2n) is 7.28. The van der Waals surface area contributed by atoms with Crippen molar-refractivity contribution in [1.29, 1.82) is 0 Å². The summed E-state index contributed by atoms with van der Waals surface area (Å²) in [5.41, 5.74) is 2.72. The third-order valence-corrected chi connectivity index (χ3v) is 4.74. The van der Waals surface area contributed by atoms with Crippen LogP contribution in [0.2, 0.25) is 0 Å². The molecule has 1 aliphatic heterocycles. The first-order valence-corrected chi connectivity index (χ1v) is 9.53. The van der Waals surface area contributed by atoms with Crippen molar-refractivity contribution in [3.05, 3.63) is 47.5 Å². The minimum absolute atomic E-state index is 0.0773. The number of hydrogen-bond donors (Lipinski definition) is 1. The average molecular weight is 407 g/mol. The summed E-state index contributed by atoms with van der Waals surface area (Å²) in [5, 5.41) is 15.0. The topological polar surface area (TPSA) is 108 Å². The van der Waals surface area contributed by atoms with Gasteiger partial charge in [-0.3, -0.25) is 9.59 Å². The lowest BCUT2D eigenvalue weighted by Gasteiger charge is -2.10. The highest BCUT2D eigenvalue weighted by molar-refractivity contribution is 6.04. The van der Waals surface area contributed by atoms with E-state index in [0.717, 1.165) is 5.56 Å². The number of anilines is 1. The maximum absolute atomic E-state index is 12.5. The number of aromatic nitrogens is 4. The molecule has 1 amide bonds. The quantitative estimate of drug-likeness (QED) is 0.626. The molecule has 0 bridgehead atoms. The summed E-state index contributed by atoms with van der Waals surface area (Å²) in [6.45, 7) is 5.60. The van der Waals surface area contributed by atoms with Crippen molar-refractivity contribution in [1.82, 2.24) is 20.2 Å². The van der Waals surface area contributed by atoms with Crippen LogP contribution < -0.4 is 14.8 Å². The number of carbonyl (C=O) groups excluding carboxylic acids is 2. The van der Waals surface area contributed by atoms with Crippen LogP contribution >= 0.6 is 0 Å². The summed E-state index contributed by atoms with van der Waals surface area (Å²) in [6, 6.07) is 11.1. The molecule has 4 rings (SSSR count). The Labute approximate surface area is 173 Å². The molecule has 9 heteroatoms. The maximum Gasteiger partial charge on any atom is 0.248 e. The van der Waals surface area contributed by atoms with Crippen LogP contribution in [-0.2, 0) is 11.3 Å². The lowest BCUT2D eigenvalue weighted by Crippen LogP contribution is -2.21. The van der Waals surface area contributed by atoms with Gasteiger partial charge in [-0.1, -0.05) is 38.1 Å². The number of ketones is 1. The molecular weight excluding hydrogens is 386 g/mol. The van der Waals surface area contributed by atoms with Gasteiger partial charge in [0.05, 0.1) is 5.69 Å². The van der Waals surface area contributed by atoms with Crippen LogP contribution in [0, 0.1) is 0 Å². The summed E-state index contributed by atoms with van der Waals surface area (Å²) in [7, 11) is 0. The summed E-state index contributed by atoms with van der Waals surface area (Å²) < 4.78 is 10.6. The number of nitrogens with zero attached hydrogens (tertiary/aromatic N) is 4. The molecule has 0 unspecified atom stereocenters. The molecule has 0 saturated heterocycles. The van der Waals surface area contributed by atoms with Gasteiger partial charge in [-0.2, -0.15) is 4.80 Å². The Morgan fingerprint density at radius 1 is 1.13 bits per heavy atom. The third kappa shape index (κ3) is 4.00. The summed E-state index contributed by atoms with van der Waals surface area (Å²) in [6.07, 6.45) is 0. The van der Waals surface area contributed by atoms with Crippen molar-refractivity contribution in [2.75, 3.05) is 12.1 Å². The zero-order valence-corrected chi connectivity index (χ0v) is 16.9. The molecule has 9 nitrogen and oxygen atoms in total. The minimum Gasteiger partial charge on any atom is -0.454 e. The number of rotatable bonds is 6. The highest BCUT2D eigenvalue weighted by atomic mass is 16.7. The fourth-order valence-corrected chi connectivity index (χ4v) is 3.10. The van der Waals surface area contributed by atoms with Gasteiger partial charge in [0.1, 0.15) is 6.54 Å². The van der Waals surface area contributed by atoms with Crippen molar-refractivity contribution in [2.45, 2.75) is 33.2 Å². The van der Waals surface area contributed by atoms with Gasteiger partial charge >= 0.3 is 0 Å². The van der Waals surface area contributed by atoms with E-state index in [-0.39, 0.29) is 19.1 Å². The number of fused-ring (bicyclic) bond motifs is 1. The van der Waals surface area contributed by atoms with Gasteiger partial charge in [0.15, 0.2) is 17.3 Å². The normalized spacial score (nSPS) is 12.3. The van der Waals surface area contributed by atoms with Crippen LogP contribution in [0.15, 0.2) is 36.4 Å². The van der Waals surface area contributed by atoms with E-state index in [1.165, 1.54) is 17.3 Å². The van der Waals surface area contributed by atoms with Gasteiger partial charge in [0.25, 0.3) is 0 Å². The molecule has 3 aromatic rings. The van der Waals surface area contributed by atoms with Crippen LogP contribution in [-0.4, -0.2) is 38.7 Å². The van der Waals surface area contributed by atoms with E-state index in [9.17, 15) is 9.59 Å². The number of hydrogen-bond acceptors (Lipinski definition) is 7. The van der Waals surface area contributed by atoms with E-state index in [4.69, 9.17) is 9.47 Å². The highest BCUT2D eigenvalue weighted by Gasteiger charge is 2.21. The van der Waals surface area contributed by atoms with E-state index in [1.54, 1.807) is 12.1 Å². The first kappa shape index (κ1) is 19.6. The molecule has 1 aromatic heterocycles. The van der Waals surface area contributed by atoms with Crippen molar-refractivity contribution in [2.24, 2.45) is 0 Å². The zero-order chi connectivity index (χ0) is 21.3. The largest absolute Gasteiger partial charge is 0.454 e. The summed E-state index contributed by atoms with van der Waals surface area (Å²) >= 11 is 0. The maximum atomic E-state index is 12.5. The number of ether oxygens (including phenoxy) is 2. The Bertz CT molecular complexity index is 1110. The fourth-order valence-electron chi connectivity index (χ4n) is 3.10. The van der Waals surface area contributed by atoms with Crippen molar-refractivity contribution < 1.29 is 19.1 Å². The van der Waals surface area contributed by atoms with Crippen molar-refractivity contribution in [3.8, 4) is 22.9 Å². The number of carbonyl (C=O) groups is 2. The summed E-state index contributed by atoms with van der Waals surface area (Å²) in [5.74, 6) is 1.23. The molecule has 1 aliphatic rings. The molecule has 0 fully saturated rings. The predicted octanol–water partition coefficient (Wildman–Crippen LogP) is 3.03. The van der Waals surface area contributed by atoms with Crippen LogP contribution in [0.1, 0.15) is 42.6 Å². The molecule has 1 N–H and O–H groups in total. The van der Waals surface area contributed by atoms with Gasteiger partial charge in [0, 0.05) is 17.2 Å². The Balaban J connectivity index is 1.47. The highest BCUT2D eigenvalue weighted by Crippen LogP contribution is 2.37. The Kier molecular flexibility index (Phi) is 5.18. The van der Waals surface area contributed by atoms with Gasteiger partial charge < -0.3 is 14.8 Å². The van der Waals surface area contributed by atoms with E-state index < -0.39 is 5.91 Å².